The van der Waals surface area contributed by atoms with Crippen molar-refractivity contribution in [1.29, 1.82) is 0 Å². The van der Waals surface area contributed by atoms with Gasteiger partial charge in [0.25, 0.3) is 0 Å². The molecule has 1 aromatic heterocycles. The van der Waals surface area contributed by atoms with Gasteiger partial charge in [-0.25, -0.2) is 9.37 Å². The molecule has 0 spiro atoms. The highest BCUT2D eigenvalue weighted by molar-refractivity contribution is 5.50. The van der Waals surface area contributed by atoms with Gasteiger partial charge in [-0.05, 0) is 43.7 Å². The van der Waals surface area contributed by atoms with E-state index in [1.165, 1.54) is 17.7 Å². The molecule has 0 radical (unpaired) electrons. The van der Waals surface area contributed by atoms with Crippen LogP contribution < -0.4 is 15.1 Å². The van der Waals surface area contributed by atoms with Crippen LogP contribution in [0.3, 0.4) is 0 Å². The first kappa shape index (κ1) is 19.2. The predicted octanol–water partition coefficient (Wildman–Crippen LogP) is 4.42. The van der Waals surface area contributed by atoms with Gasteiger partial charge in [-0.3, -0.25) is 0 Å². The molecule has 3 aromatic rings. The summed E-state index contributed by atoms with van der Waals surface area (Å²) in [6.45, 7) is 7.49. The van der Waals surface area contributed by atoms with Gasteiger partial charge in [-0.2, -0.15) is 4.98 Å². The zero-order chi connectivity index (χ0) is 20.2. The summed E-state index contributed by atoms with van der Waals surface area (Å²) in [5.74, 6) is 1.39. The van der Waals surface area contributed by atoms with E-state index in [1.54, 1.807) is 0 Å². The third-order valence-corrected chi connectivity index (χ3v) is 5.26. The van der Waals surface area contributed by atoms with Gasteiger partial charge >= 0.3 is 0 Å². The number of benzene rings is 2. The van der Waals surface area contributed by atoms with E-state index in [0.29, 0.717) is 0 Å². The zero-order valence-electron chi connectivity index (χ0n) is 16.8. The average molecular weight is 391 g/mol. The lowest BCUT2D eigenvalue weighted by Crippen LogP contribution is -2.47. The van der Waals surface area contributed by atoms with Crippen LogP contribution in [0.15, 0.2) is 60.7 Å². The number of piperazine rings is 1. The third kappa shape index (κ3) is 4.65. The monoisotopic (exact) mass is 391 g/mol. The first-order valence-electron chi connectivity index (χ1n) is 10.0. The van der Waals surface area contributed by atoms with E-state index in [2.05, 4.69) is 39.2 Å². The Hall–Kier alpha value is -3.15. The van der Waals surface area contributed by atoms with E-state index >= 15 is 0 Å². The Bertz CT molecular complexity index is 937. The van der Waals surface area contributed by atoms with Crippen LogP contribution in [0.1, 0.15) is 24.2 Å². The molecule has 2 heterocycles. The lowest BCUT2D eigenvalue weighted by atomic mass is 10.1. The second kappa shape index (κ2) is 8.47. The number of rotatable bonds is 5. The molecule has 1 saturated heterocycles. The minimum atomic E-state index is -0.203. The Labute approximate surface area is 171 Å². The summed E-state index contributed by atoms with van der Waals surface area (Å²) in [4.78, 5) is 13.9. The number of aromatic nitrogens is 2. The van der Waals surface area contributed by atoms with Crippen LogP contribution in [0.25, 0.3) is 0 Å². The maximum Gasteiger partial charge on any atom is 0.227 e. The molecule has 1 unspecified atom stereocenters. The molecule has 1 N–H and O–H groups in total. The van der Waals surface area contributed by atoms with Crippen LogP contribution in [-0.4, -0.2) is 36.1 Å². The molecule has 29 heavy (non-hydrogen) atoms. The first-order chi connectivity index (χ1) is 14.1. The van der Waals surface area contributed by atoms with Crippen LogP contribution in [-0.2, 0) is 0 Å². The molecule has 2 aromatic carbocycles. The van der Waals surface area contributed by atoms with Crippen LogP contribution in [0.5, 0.6) is 0 Å². The highest BCUT2D eigenvalue weighted by atomic mass is 19.1. The second-order valence-electron chi connectivity index (χ2n) is 7.42. The van der Waals surface area contributed by atoms with E-state index < -0.39 is 0 Å². The molecule has 5 nitrogen and oxygen atoms in total. The fourth-order valence-corrected chi connectivity index (χ4v) is 3.63. The maximum atomic E-state index is 13.2. The van der Waals surface area contributed by atoms with Crippen LogP contribution in [0, 0.1) is 12.7 Å². The zero-order valence-corrected chi connectivity index (χ0v) is 16.8. The topological polar surface area (TPSA) is 44.3 Å². The molecule has 1 atom stereocenters. The number of aryl methyl sites for hydroxylation is 1. The Morgan fingerprint density at radius 2 is 1.55 bits per heavy atom. The number of hydrogen-bond acceptors (Lipinski definition) is 5. The van der Waals surface area contributed by atoms with Crippen molar-refractivity contribution in [3.05, 3.63) is 77.7 Å². The number of anilines is 3. The lowest BCUT2D eigenvalue weighted by molar-refractivity contribution is 0.623. The van der Waals surface area contributed by atoms with Gasteiger partial charge < -0.3 is 15.1 Å². The SMILES string of the molecule is Cc1cc(NC(C)c2ccccc2)nc(N2CCN(c3ccc(F)cc3)CC2)n1. The predicted molar refractivity (Wildman–Crippen MR) is 116 cm³/mol. The van der Waals surface area contributed by atoms with Gasteiger partial charge in [0.05, 0.1) is 0 Å². The number of hydrogen-bond donors (Lipinski definition) is 1. The molecule has 0 saturated carbocycles. The molecule has 0 aliphatic carbocycles. The largest absolute Gasteiger partial charge is 0.368 e. The minimum absolute atomic E-state index is 0.161. The van der Waals surface area contributed by atoms with Crippen molar-refractivity contribution in [3.8, 4) is 0 Å². The number of nitrogens with zero attached hydrogens (tertiary/aromatic N) is 4. The molecule has 1 aliphatic rings. The van der Waals surface area contributed by atoms with E-state index in [-0.39, 0.29) is 11.9 Å². The molecule has 1 fully saturated rings. The fourth-order valence-electron chi connectivity index (χ4n) is 3.63. The fraction of sp³-hybridized carbons (Fsp3) is 0.304. The summed E-state index contributed by atoms with van der Waals surface area (Å²) in [7, 11) is 0. The Morgan fingerprint density at radius 1 is 0.897 bits per heavy atom. The Morgan fingerprint density at radius 3 is 2.24 bits per heavy atom. The van der Waals surface area contributed by atoms with Crippen molar-refractivity contribution < 1.29 is 4.39 Å². The summed E-state index contributed by atoms with van der Waals surface area (Å²) in [6, 6.07) is 19.2. The molecule has 4 rings (SSSR count). The Kier molecular flexibility index (Phi) is 5.60. The van der Waals surface area contributed by atoms with Crippen LogP contribution in [0.4, 0.5) is 21.8 Å². The molecular formula is C23H26FN5. The van der Waals surface area contributed by atoms with Gasteiger partial charge in [0, 0.05) is 49.7 Å². The van der Waals surface area contributed by atoms with Crippen LogP contribution >= 0.6 is 0 Å². The van der Waals surface area contributed by atoms with Crippen molar-refractivity contribution in [2.45, 2.75) is 19.9 Å². The summed E-state index contributed by atoms with van der Waals surface area (Å²) in [6.07, 6.45) is 0. The molecular weight excluding hydrogens is 365 g/mol. The summed E-state index contributed by atoms with van der Waals surface area (Å²) in [5.41, 5.74) is 3.22. The van der Waals surface area contributed by atoms with Crippen LogP contribution in [0.2, 0.25) is 0 Å². The highest BCUT2D eigenvalue weighted by Crippen LogP contribution is 2.22. The standard InChI is InChI=1S/C23H26FN5/c1-17-16-22(26-18(2)19-6-4-3-5-7-19)27-23(25-17)29-14-12-28(13-15-29)21-10-8-20(24)9-11-21/h3-11,16,18H,12-15H2,1-2H3,(H,25,26,27). The number of halogens is 1. The van der Waals surface area contributed by atoms with E-state index in [9.17, 15) is 4.39 Å². The second-order valence-corrected chi connectivity index (χ2v) is 7.42. The van der Waals surface area contributed by atoms with E-state index in [1.807, 2.05) is 43.3 Å². The maximum absolute atomic E-state index is 13.2. The van der Waals surface area contributed by atoms with E-state index in [4.69, 9.17) is 4.98 Å². The summed E-state index contributed by atoms with van der Waals surface area (Å²) in [5, 5.41) is 3.49. The average Bonchev–Trinajstić information content (AvgIpc) is 2.75. The quantitative estimate of drug-likeness (QED) is 0.697. The normalized spacial score (nSPS) is 15.3. The van der Waals surface area contributed by atoms with Crippen molar-refractivity contribution in [3.63, 3.8) is 0 Å². The summed E-state index contributed by atoms with van der Waals surface area (Å²) < 4.78 is 13.2. The molecule has 1 aliphatic heterocycles. The van der Waals surface area contributed by atoms with Gasteiger partial charge in [0.1, 0.15) is 11.6 Å². The molecule has 0 amide bonds. The highest BCUT2D eigenvalue weighted by Gasteiger charge is 2.20. The van der Waals surface area contributed by atoms with Crippen molar-refractivity contribution in [2.75, 3.05) is 41.3 Å². The van der Waals surface area contributed by atoms with Crippen molar-refractivity contribution >= 4 is 17.5 Å². The van der Waals surface area contributed by atoms with Gasteiger partial charge in [-0.15, -0.1) is 0 Å². The van der Waals surface area contributed by atoms with E-state index in [0.717, 1.165) is 49.3 Å². The third-order valence-electron chi connectivity index (χ3n) is 5.26. The smallest absolute Gasteiger partial charge is 0.227 e. The molecule has 6 heteroatoms. The summed E-state index contributed by atoms with van der Waals surface area (Å²) >= 11 is 0. The van der Waals surface area contributed by atoms with Gasteiger partial charge in [0.2, 0.25) is 5.95 Å². The van der Waals surface area contributed by atoms with Crippen molar-refractivity contribution in [1.82, 2.24) is 9.97 Å². The molecule has 150 valence electrons. The number of nitrogens with one attached hydrogen (secondary N) is 1. The Balaban J connectivity index is 1.43. The van der Waals surface area contributed by atoms with Crippen molar-refractivity contribution in [2.24, 2.45) is 0 Å². The first-order valence-corrected chi connectivity index (χ1v) is 10.0. The van der Waals surface area contributed by atoms with Gasteiger partial charge in [0.15, 0.2) is 0 Å². The van der Waals surface area contributed by atoms with Gasteiger partial charge in [-0.1, -0.05) is 30.3 Å². The lowest BCUT2D eigenvalue weighted by Gasteiger charge is -2.36. The molecule has 0 bridgehead atoms. The minimum Gasteiger partial charge on any atom is -0.368 e.